The Morgan fingerprint density at radius 2 is 2.06 bits per heavy atom. The first kappa shape index (κ1) is 12.9. The van der Waals surface area contributed by atoms with Gasteiger partial charge in [-0.1, -0.05) is 12.1 Å². The highest BCUT2D eigenvalue weighted by Gasteiger charge is 2.19. The topological polar surface area (TPSA) is 44.7 Å². The average molecular weight is 264 g/mol. The predicted octanol–water partition coefficient (Wildman–Crippen LogP) is 1.61. The van der Waals surface area contributed by atoms with Gasteiger partial charge >= 0.3 is 0 Å². The van der Waals surface area contributed by atoms with E-state index in [1.165, 1.54) is 0 Å². The SMILES string of the molecule is COc1ccc(CN2C=C(C)C(O)NC2=S)cc1. The molecule has 2 N–H and O–H groups in total. The standard InChI is InChI=1S/C13H16N2O2S/c1-9-7-15(13(18)14-12(9)16)8-10-3-5-11(17-2)6-4-10/h3-7,12,16H,8H2,1-2H3,(H,14,18). The molecule has 0 aliphatic carbocycles. The van der Waals surface area contributed by atoms with Crippen molar-refractivity contribution in [1.82, 2.24) is 10.2 Å². The summed E-state index contributed by atoms with van der Waals surface area (Å²) in [6.07, 6.45) is 1.19. The lowest BCUT2D eigenvalue weighted by atomic mass is 10.2. The Hall–Kier alpha value is -1.59. The molecule has 1 heterocycles. The second kappa shape index (κ2) is 5.37. The summed E-state index contributed by atoms with van der Waals surface area (Å²) in [5.74, 6) is 0.834. The molecule has 1 aliphatic rings. The van der Waals surface area contributed by atoms with Gasteiger partial charge in [0.2, 0.25) is 0 Å². The van der Waals surface area contributed by atoms with Gasteiger partial charge in [0.1, 0.15) is 12.0 Å². The van der Waals surface area contributed by atoms with E-state index in [0.29, 0.717) is 11.7 Å². The first-order chi connectivity index (χ1) is 8.60. The zero-order chi connectivity index (χ0) is 13.1. The fourth-order valence-electron chi connectivity index (χ4n) is 1.73. The summed E-state index contributed by atoms with van der Waals surface area (Å²) in [5.41, 5.74) is 1.97. The predicted molar refractivity (Wildman–Crippen MR) is 74.0 cm³/mol. The van der Waals surface area contributed by atoms with Crippen molar-refractivity contribution in [3.8, 4) is 5.75 Å². The molecule has 0 amide bonds. The number of rotatable bonds is 3. The molecule has 0 bridgehead atoms. The molecule has 0 spiro atoms. The van der Waals surface area contributed by atoms with E-state index in [0.717, 1.165) is 16.9 Å². The fourth-order valence-corrected chi connectivity index (χ4v) is 1.96. The van der Waals surface area contributed by atoms with Crippen LogP contribution in [0.4, 0.5) is 0 Å². The lowest BCUT2D eigenvalue weighted by Gasteiger charge is -2.30. The van der Waals surface area contributed by atoms with Crippen LogP contribution in [0.2, 0.25) is 0 Å². The van der Waals surface area contributed by atoms with Gasteiger partial charge in [0, 0.05) is 12.7 Å². The Kier molecular flexibility index (Phi) is 3.84. The molecule has 96 valence electrons. The number of aliphatic hydroxyl groups is 1. The minimum absolute atomic E-state index is 0.531. The van der Waals surface area contributed by atoms with E-state index in [1.807, 2.05) is 42.3 Å². The van der Waals surface area contributed by atoms with E-state index in [2.05, 4.69) is 5.32 Å². The number of methoxy groups -OCH3 is 1. The molecule has 5 heteroatoms. The molecule has 0 radical (unpaired) electrons. The highest BCUT2D eigenvalue weighted by molar-refractivity contribution is 7.80. The van der Waals surface area contributed by atoms with Gasteiger partial charge in [-0.2, -0.15) is 0 Å². The summed E-state index contributed by atoms with van der Waals surface area (Å²) in [6, 6.07) is 7.83. The molecule has 18 heavy (non-hydrogen) atoms. The van der Waals surface area contributed by atoms with Gasteiger partial charge in [-0.15, -0.1) is 0 Å². The minimum Gasteiger partial charge on any atom is -0.497 e. The highest BCUT2D eigenvalue weighted by atomic mass is 32.1. The van der Waals surface area contributed by atoms with Gasteiger partial charge in [-0.3, -0.25) is 0 Å². The summed E-state index contributed by atoms with van der Waals surface area (Å²) in [4.78, 5) is 1.90. The normalized spacial score (nSPS) is 19.3. The third-order valence-corrected chi connectivity index (χ3v) is 3.18. The maximum absolute atomic E-state index is 9.59. The number of nitrogens with one attached hydrogen (secondary N) is 1. The van der Waals surface area contributed by atoms with Crippen LogP contribution < -0.4 is 10.1 Å². The Morgan fingerprint density at radius 1 is 1.39 bits per heavy atom. The van der Waals surface area contributed by atoms with E-state index in [1.54, 1.807) is 7.11 Å². The molecule has 0 fully saturated rings. The van der Waals surface area contributed by atoms with Crippen molar-refractivity contribution in [3.05, 3.63) is 41.6 Å². The lowest BCUT2D eigenvalue weighted by Crippen LogP contribution is -2.46. The molecule has 0 aromatic heterocycles. The van der Waals surface area contributed by atoms with Gasteiger partial charge in [0.05, 0.1) is 7.11 Å². The zero-order valence-electron chi connectivity index (χ0n) is 10.4. The van der Waals surface area contributed by atoms with Crippen LogP contribution in [-0.2, 0) is 6.54 Å². The maximum atomic E-state index is 9.59. The van der Waals surface area contributed by atoms with E-state index in [-0.39, 0.29) is 0 Å². The maximum Gasteiger partial charge on any atom is 0.175 e. The van der Waals surface area contributed by atoms with Crippen molar-refractivity contribution in [2.24, 2.45) is 0 Å². The number of nitrogens with zero attached hydrogens (tertiary/aromatic N) is 1. The lowest BCUT2D eigenvalue weighted by molar-refractivity contribution is 0.183. The van der Waals surface area contributed by atoms with Crippen molar-refractivity contribution >= 4 is 17.3 Å². The van der Waals surface area contributed by atoms with Crippen LogP contribution in [0.1, 0.15) is 12.5 Å². The number of benzene rings is 1. The van der Waals surface area contributed by atoms with Crippen LogP contribution >= 0.6 is 12.2 Å². The quantitative estimate of drug-likeness (QED) is 0.812. The number of hydrogen-bond donors (Lipinski definition) is 2. The highest BCUT2D eigenvalue weighted by Crippen LogP contribution is 2.16. The average Bonchev–Trinajstić information content (AvgIpc) is 2.37. The van der Waals surface area contributed by atoms with Crippen molar-refractivity contribution < 1.29 is 9.84 Å². The van der Waals surface area contributed by atoms with Crippen LogP contribution in [-0.4, -0.2) is 28.5 Å². The molecule has 1 atom stereocenters. The van der Waals surface area contributed by atoms with E-state index >= 15 is 0 Å². The molecular weight excluding hydrogens is 248 g/mol. The summed E-state index contributed by atoms with van der Waals surface area (Å²) in [6.45, 7) is 2.53. The van der Waals surface area contributed by atoms with Gasteiger partial charge in [0.25, 0.3) is 0 Å². The van der Waals surface area contributed by atoms with Crippen LogP contribution in [0.15, 0.2) is 36.0 Å². The largest absolute Gasteiger partial charge is 0.497 e. The smallest absolute Gasteiger partial charge is 0.175 e. The number of aliphatic hydroxyl groups excluding tert-OH is 1. The van der Waals surface area contributed by atoms with Crippen molar-refractivity contribution in [1.29, 1.82) is 0 Å². The van der Waals surface area contributed by atoms with Crippen LogP contribution in [0.5, 0.6) is 5.75 Å². The van der Waals surface area contributed by atoms with Crippen LogP contribution in [0.3, 0.4) is 0 Å². The van der Waals surface area contributed by atoms with Gasteiger partial charge in [0.15, 0.2) is 5.11 Å². The van der Waals surface area contributed by atoms with E-state index < -0.39 is 6.23 Å². The third-order valence-electron chi connectivity index (χ3n) is 2.82. The molecule has 1 unspecified atom stereocenters. The van der Waals surface area contributed by atoms with E-state index in [9.17, 15) is 5.11 Å². The Balaban J connectivity index is 2.10. The second-order valence-corrected chi connectivity index (χ2v) is 4.59. The number of hydrogen-bond acceptors (Lipinski definition) is 3. The van der Waals surface area contributed by atoms with Crippen molar-refractivity contribution in [2.45, 2.75) is 19.7 Å². The first-order valence-electron chi connectivity index (χ1n) is 5.66. The third kappa shape index (κ3) is 2.80. The van der Waals surface area contributed by atoms with Crippen LogP contribution in [0.25, 0.3) is 0 Å². The Morgan fingerprint density at radius 3 is 2.67 bits per heavy atom. The zero-order valence-corrected chi connectivity index (χ0v) is 11.2. The van der Waals surface area contributed by atoms with Crippen LogP contribution in [0, 0.1) is 0 Å². The summed E-state index contributed by atoms with van der Waals surface area (Å²) in [5, 5.41) is 13.0. The number of thiocarbonyl (C=S) groups is 1. The first-order valence-corrected chi connectivity index (χ1v) is 6.07. The summed E-state index contributed by atoms with van der Waals surface area (Å²) < 4.78 is 5.11. The van der Waals surface area contributed by atoms with E-state index in [4.69, 9.17) is 17.0 Å². The molecular formula is C13H16N2O2S. The fraction of sp³-hybridized carbons (Fsp3) is 0.308. The molecule has 0 saturated carbocycles. The Bertz CT molecular complexity index is 470. The molecule has 2 rings (SSSR count). The van der Waals surface area contributed by atoms with Gasteiger partial charge < -0.3 is 20.1 Å². The molecule has 0 saturated heterocycles. The number of ether oxygens (including phenoxy) is 1. The summed E-state index contributed by atoms with van der Waals surface area (Å²) >= 11 is 5.19. The molecule has 1 aromatic carbocycles. The molecule has 1 aromatic rings. The van der Waals surface area contributed by atoms with Crippen molar-refractivity contribution in [3.63, 3.8) is 0 Å². The second-order valence-electron chi connectivity index (χ2n) is 4.20. The molecule has 4 nitrogen and oxygen atoms in total. The van der Waals surface area contributed by atoms with Crippen molar-refractivity contribution in [2.75, 3.05) is 7.11 Å². The monoisotopic (exact) mass is 264 g/mol. The molecule has 1 aliphatic heterocycles. The van der Waals surface area contributed by atoms with Gasteiger partial charge in [-0.05, 0) is 42.4 Å². The Labute approximate surface area is 112 Å². The van der Waals surface area contributed by atoms with Gasteiger partial charge in [-0.25, -0.2) is 0 Å². The summed E-state index contributed by atoms with van der Waals surface area (Å²) in [7, 11) is 1.65. The minimum atomic E-state index is -0.676.